The van der Waals surface area contributed by atoms with Gasteiger partial charge in [-0.3, -0.25) is 4.79 Å². The van der Waals surface area contributed by atoms with Gasteiger partial charge in [0.15, 0.2) is 6.33 Å². The minimum absolute atomic E-state index is 0.385. The van der Waals surface area contributed by atoms with Crippen molar-refractivity contribution in [3.63, 3.8) is 0 Å². The van der Waals surface area contributed by atoms with Crippen molar-refractivity contribution in [2.45, 2.75) is 19.3 Å². The maximum atomic E-state index is 11.2. The molecule has 0 saturated carbocycles. The van der Waals surface area contributed by atoms with Gasteiger partial charge in [-0.25, -0.2) is 9.97 Å². The summed E-state index contributed by atoms with van der Waals surface area (Å²) >= 11 is 0. The standard InChI is InChI=1S/C10H13N4O/c11-9(15)8-6-12-7-13-10(8)14-4-2-1-3-5-14/h6H,1-5H2,(H2,11,15). The Labute approximate surface area is 88.3 Å². The highest BCUT2D eigenvalue weighted by molar-refractivity contribution is 5.97. The van der Waals surface area contributed by atoms with Crippen LogP contribution in [0.3, 0.4) is 0 Å². The molecule has 0 bridgehead atoms. The molecule has 0 spiro atoms. The van der Waals surface area contributed by atoms with Crippen molar-refractivity contribution in [1.82, 2.24) is 9.97 Å². The third-order valence-electron chi connectivity index (χ3n) is 2.57. The SMILES string of the molecule is NC(=O)c1cn[c]nc1N1CCCCC1. The van der Waals surface area contributed by atoms with Gasteiger partial charge in [-0.15, -0.1) is 0 Å². The molecule has 0 aliphatic carbocycles. The first-order chi connectivity index (χ1) is 7.29. The lowest BCUT2D eigenvalue weighted by Gasteiger charge is -2.28. The predicted octanol–water partition coefficient (Wildman–Crippen LogP) is 0.366. The molecule has 79 valence electrons. The molecule has 0 atom stereocenters. The number of piperidine rings is 1. The lowest BCUT2D eigenvalue weighted by atomic mass is 10.1. The summed E-state index contributed by atoms with van der Waals surface area (Å²) < 4.78 is 0. The second-order valence-corrected chi connectivity index (χ2v) is 3.62. The first-order valence-electron chi connectivity index (χ1n) is 5.07. The van der Waals surface area contributed by atoms with Gasteiger partial charge in [0.25, 0.3) is 5.91 Å². The van der Waals surface area contributed by atoms with Crippen molar-refractivity contribution in [2.75, 3.05) is 18.0 Å². The molecule has 0 aromatic carbocycles. The number of rotatable bonds is 2. The van der Waals surface area contributed by atoms with E-state index in [1.54, 1.807) is 0 Å². The molecule has 0 unspecified atom stereocenters. The van der Waals surface area contributed by atoms with E-state index in [1.807, 2.05) is 0 Å². The van der Waals surface area contributed by atoms with Crippen molar-refractivity contribution in [3.8, 4) is 0 Å². The molecule has 15 heavy (non-hydrogen) atoms. The average Bonchev–Trinajstić information content (AvgIpc) is 2.30. The number of amides is 1. The van der Waals surface area contributed by atoms with Crippen molar-refractivity contribution < 1.29 is 4.79 Å². The van der Waals surface area contributed by atoms with Gasteiger partial charge in [-0.1, -0.05) is 0 Å². The summed E-state index contributed by atoms with van der Waals surface area (Å²) in [4.78, 5) is 20.9. The molecule has 2 rings (SSSR count). The van der Waals surface area contributed by atoms with Crippen LogP contribution < -0.4 is 10.6 Å². The molecule has 2 heterocycles. The summed E-state index contributed by atoms with van der Waals surface area (Å²) in [6.45, 7) is 1.84. The van der Waals surface area contributed by atoms with Crippen molar-refractivity contribution in [2.24, 2.45) is 5.73 Å². The Hall–Kier alpha value is -1.65. The van der Waals surface area contributed by atoms with Gasteiger partial charge in [-0.05, 0) is 19.3 Å². The molecule has 1 aromatic heterocycles. The van der Waals surface area contributed by atoms with Crippen LogP contribution in [0.4, 0.5) is 5.82 Å². The number of nitrogens with zero attached hydrogens (tertiary/aromatic N) is 3. The van der Waals surface area contributed by atoms with Gasteiger partial charge < -0.3 is 10.6 Å². The fourth-order valence-corrected chi connectivity index (χ4v) is 1.81. The zero-order chi connectivity index (χ0) is 10.7. The minimum Gasteiger partial charge on any atom is -0.365 e. The van der Waals surface area contributed by atoms with E-state index < -0.39 is 5.91 Å². The Kier molecular flexibility index (Phi) is 2.80. The third-order valence-corrected chi connectivity index (χ3v) is 2.57. The summed E-state index contributed by atoms with van der Waals surface area (Å²) in [6.07, 6.45) is 7.42. The van der Waals surface area contributed by atoms with Gasteiger partial charge in [0.1, 0.15) is 11.4 Å². The number of carbonyl (C=O) groups excluding carboxylic acids is 1. The highest BCUT2D eigenvalue weighted by atomic mass is 16.1. The number of carbonyl (C=O) groups is 1. The summed E-state index contributed by atoms with van der Waals surface area (Å²) in [7, 11) is 0. The molecule has 1 aliphatic rings. The Bertz CT molecular complexity index is 360. The van der Waals surface area contributed by atoms with Crippen LogP contribution in [-0.2, 0) is 0 Å². The van der Waals surface area contributed by atoms with Crippen LogP contribution in [0.5, 0.6) is 0 Å². The Morgan fingerprint density at radius 2 is 2.13 bits per heavy atom. The topological polar surface area (TPSA) is 72.1 Å². The van der Waals surface area contributed by atoms with Crippen LogP contribution in [0.25, 0.3) is 0 Å². The monoisotopic (exact) mass is 205 g/mol. The van der Waals surface area contributed by atoms with E-state index in [0.29, 0.717) is 11.4 Å². The summed E-state index contributed by atoms with van der Waals surface area (Å²) in [5, 5.41) is 0. The van der Waals surface area contributed by atoms with E-state index in [0.717, 1.165) is 25.9 Å². The zero-order valence-corrected chi connectivity index (χ0v) is 8.44. The first kappa shape index (κ1) is 9.89. The number of hydrogen-bond donors (Lipinski definition) is 1. The van der Waals surface area contributed by atoms with Gasteiger partial charge in [0.05, 0.1) is 0 Å². The average molecular weight is 205 g/mol. The van der Waals surface area contributed by atoms with Gasteiger partial charge in [0, 0.05) is 19.3 Å². The van der Waals surface area contributed by atoms with Crippen molar-refractivity contribution >= 4 is 11.7 Å². The van der Waals surface area contributed by atoms with Crippen LogP contribution in [-0.4, -0.2) is 29.0 Å². The first-order valence-corrected chi connectivity index (χ1v) is 5.07. The molecule has 1 aliphatic heterocycles. The lowest BCUT2D eigenvalue weighted by molar-refractivity contribution is 0.1000. The third kappa shape index (κ3) is 2.06. The Morgan fingerprint density at radius 1 is 1.40 bits per heavy atom. The maximum Gasteiger partial charge on any atom is 0.254 e. The highest BCUT2D eigenvalue weighted by Crippen LogP contribution is 2.20. The molecular weight excluding hydrogens is 192 g/mol. The molecule has 1 saturated heterocycles. The summed E-state index contributed by atoms with van der Waals surface area (Å²) in [6, 6.07) is 0. The second-order valence-electron chi connectivity index (χ2n) is 3.62. The minimum atomic E-state index is -0.482. The summed E-state index contributed by atoms with van der Waals surface area (Å²) in [5.74, 6) is 0.141. The van der Waals surface area contributed by atoms with Gasteiger partial charge >= 0.3 is 0 Å². The Balaban J connectivity index is 2.29. The van der Waals surface area contributed by atoms with E-state index in [1.165, 1.54) is 12.6 Å². The fourth-order valence-electron chi connectivity index (χ4n) is 1.81. The van der Waals surface area contributed by atoms with Crippen molar-refractivity contribution in [3.05, 3.63) is 18.1 Å². The summed E-state index contributed by atoms with van der Waals surface area (Å²) in [5.41, 5.74) is 5.65. The fraction of sp³-hybridized carbons (Fsp3) is 0.500. The molecule has 5 heteroatoms. The van der Waals surface area contributed by atoms with Crippen LogP contribution >= 0.6 is 0 Å². The molecule has 1 aromatic rings. The maximum absolute atomic E-state index is 11.2. The number of anilines is 1. The molecule has 1 radical (unpaired) electrons. The second kappa shape index (κ2) is 4.25. The zero-order valence-electron chi connectivity index (χ0n) is 8.44. The predicted molar refractivity (Wildman–Crippen MR) is 55.4 cm³/mol. The van der Waals surface area contributed by atoms with E-state index in [9.17, 15) is 4.79 Å². The molecule has 1 amide bonds. The normalized spacial score (nSPS) is 16.4. The van der Waals surface area contributed by atoms with Crippen LogP contribution in [0, 0.1) is 6.33 Å². The van der Waals surface area contributed by atoms with Gasteiger partial charge in [-0.2, -0.15) is 0 Å². The van der Waals surface area contributed by atoms with E-state index in [4.69, 9.17) is 5.73 Å². The number of primary amides is 1. The van der Waals surface area contributed by atoms with Crippen molar-refractivity contribution in [1.29, 1.82) is 0 Å². The molecule has 1 fully saturated rings. The Morgan fingerprint density at radius 3 is 2.80 bits per heavy atom. The van der Waals surface area contributed by atoms with E-state index in [2.05, 4.69) is 21.2 Å². The van der Waals surface area contributed by atoms with Crippen LogP contribution in [0.1, 0.15) is 29.6 Å². The number of aromatic nitrogens is 2. The quantitative estimate of drug-likeness (QED) is 0.757. The van der Waals surface area contributed by atoms with E-state index >= 15 is 0 Å². The van der Waals surface area contributed by atoms with Gasteiger partial charge in [0.2, 0.25) is 0 Å². The highest BCUT2D eigenvalue weighted by Gasteiger charge is 2.18. The largest absolute Gasteiger partial charge is 0.365 e. The number of hydrogen-bond acceptors (Lipinski definition) is 4. The molecular formula is C10H13N4O. The van der Waals surface area contributed by atoms with E-state index in [-0.39, 0.29) is 0 Å². The van der Waals surface area contributed by atoms with Crippen LogP contribution in [0.15, 0.2) is 6.20 Å². The molecule has 5 nitrogen and oxygen atoms in total. The smallest absolute Gasteiger partial charge is 0.254 e. The van der Waals surface area contributed by atoms with Crippen LogP contribution in [0.2, 0.25) is 0 Å². The number of nitrogens with two attached hydrogens (primary N) is 1. The molecule has 2 N–H and O–H groups in total. The lowest BCUT2D eigenvalue weighted by Crippen LogP contribution is -2.32.